The van der Waals surface area contributed by atoms with Gasteiger partial charge >= 0.3 is 5.97 Å². The van der Waals surface area contributed by atoms with E-state index >= 15 is 0 Å². The first-order valence-electron chi connectivity index (χ1n) is 7.49. The first-order valence-corrected chi connectivity index (χ1v) is 8.63. The molecule has 0 saturated heterocycles. The Kier molecular flexibility index (Phi) is 7.12. The molecule has 132 valence electrons. The van der Waals surface area contributed by atoms with E-state index in [0.717, 1.165) is 5.56 Å². The maximum atomic E-state index is 11.9. The van der Waals surface area contributed by atoms with Crippen LogP contribution in [0.1, 0.15) is 24.1 Å². The lowest BCUT2D eigenvalue weighted by atomic mass is 10.1. The second kappa shape index (κ2) is 9.09. The fraction of sp³-hybridized carbons (Fsp3) is 0.222. The minimum atomic E-state index is -0.546. The van der Waals surface area contributed by atoms with Gasteiger partial charge in [0.05, 0.1) is 12.5 Å². The summed E-state index contributed by atoms with van der Waals surface area (Å²) in [6.45, 7) is 1.45. The fourth-order valence-electron chi connectivity index (χ4n) is 2.16. The third-order valence-electron chi connectivity index (χ3n) is 3.44. The van der Waals surface area contributed by atoms with E-state index in [1.807, 2.05) is 13.0 Å². The number of rotatable bonds is 6. The van der Waals surface area contributed by atoms with Crippen molar-refractivity contribution in [2.24, 2.45) is 0 Å². The molecule has 0 heterocycles. The van der Waals surface area contributed by atoms with Crippen molar-refractivity contribution < 1.29 is 14.3 Å². The van der Waals surface area contributed by atoms with E-state index in [1.165, 1.54) is 0 Å². The van der Waals surface area contributed by atoms with Gasteiger partial charge in [0.25, 0.3) is 5.91 Å². The highest BCUT2D eigenvalue weighted by molar-refractivity contribution is 6.35. The molecule has 0 spiro atoms. The van der Waals surface area contributed by atoms with E-state index in [4.69, 9.17) is 39.5 Å². The minimum absolute atomic E-state index is 0.0346. The number of hydrogen-bond donors (Lipinski definition) is 1. The van der Waals surface area contributed by atoms with Gasteiger partial charge in [-0.3, -0.25) is 9.59 Å². The lowest BCUT2D eigenvalue weighted by Gasteiger charge is -2.14. The van der Waals surface area contributed by atoms with Crippen LogP contribution < -0.4 is 5.32 Å². The maximum absolute atomic E-state index is 11.9. The molecule has 0 aliphatic carbocycles. The summed E-state index contributed by atoms with van der Waals surface area (Å²) >= 11 is 17.7. The van der Waals surface area contributed by atoms with E-state index in [2.05, 4.69) is 5.32 Å². The maximum Gasteiger partial charge on any atom is 0.310 e. The summed E-state index contributed by atoms with van der Waals surface area (Å²) in [4.78, 5) is 23.8. The normalized spacial score (nSPS) is 11.7. The molecule has 25 heavy (non-hydrogen) atoms. The first-order chi connectivity index (χ1) is 11.8. The number of carbonyl (C=O) groups is 2. The Morgan fingerprint density at radius 3 is 2.48 bits per heavy atom. The number of halogens is 3. The number of esters is 1. The summed E-state index contributed by atoms with van der Waals surface area (Å²) in [5.74, 6) is -0.946. The molecule has 1 N–H and O–H groups in total. The number of hydrogen-bond acceptors (Lipinski definition) is 3. The van der Waals surface area contributed by atoms with Crippen LogP contribution in [0.2, 0.25) is 15.1 Å². The number of ether oxygens (including phenoxy) is 1. The number of amides is 1. The minimum Gasteiger partial charge on any atom is -0.455 e. The molecule has 1 amide bonds. The molecule has 0 bridgehead atoms. The third-order valence-corrected chi connectivity index (χ3v) is 4.26. The van der Waals surface area contributed by atoms with Crippen molar-refractivity contribution >= 4 is 46.7 Å². The van der Waals surface area contributed by atoms with Crippen molar-refractivity contribution in [1.29, 1.82) is 0 Å². The van der Waals surface area contributed by atoms with Crippen molar-refractivity contribution in [3.63, 3.8) is 0 Å². The van der Waals surface area contributed by atoms with Gasteiger partial charge in [0, 0.05) is 15.1 Å². The Morgan fingerprint density at radius 1 is 1.08 bits per heavy atom. The van der Waals surface area contributed by atoms with Crippen LogP contribution in [0.3, 0.4) is 0 Å². The second-order valence-corrected chi connectivity index (χ2v) is 6.70. The van der Waals surface area contributed by atoms with Crippen LogP contribution in [0.4, 0.5) is 0 Å². The third kappa shape index (κ3) is 6.24. The van der Waals surface area contributed by atoms with Crippen LogP contribution in [0, 0.1) is 0 Å². The molecule has 0 saturated carbocycles. The Balaban J connectivity index is 1.82. The zero-order valence-electron chi connectivity index (χ0n) is 13.4. The predicted molar refractivity (Wildman–Crippen MR) is 99.1 cm³/mol. The SMILES string of the molecule is C[C@H](NC(=O)COC(=O)Cc1ccc(Cl)cc1Cl)c1cccc(Cl)c1. The summed E-state index contributed by atoms with van der Waals surface area (Å²) in [6, 6.07) is 11.7. The summed E-state index contributed by atoms with van der Waals surface area (Å²) < 4.78 is 4.98. The molecule has 4 nitrogen and oxygen atoms in total. The molecule has 0 radical (unpaired) electrons. The zero-order chi connectivity index (χ0) is 18.4. The molecule has 7 heteroatoms. The molecule has 2 aromatic carbocycles. The average Bonchev–Trinajstić information content (AvgIpc) is 2.55. The number of carbonyl (C=O) groups excluding carboxylic acids is 2. The molecule has 2 rings (SSSR count). The lowest BCUT2D eigenvalue weighted by Crippen LogP contribution is -2.31. The van der Waals surface area contributed by atoms with Crippen molar-refractivity contribution in [3.05, 3.63) is 68.7 Å². The second-order valence-electron chi connectivity index (χ2n) is 5.42. The van der Waals surface area contributed by atoms with Gasteiger partial charge in [-0.1, -0.05) is 53.0 Å². The van der Waals surface area contributed by atoms with Gasteiger partial charge < -0.3 is 10.1 Å². The lowest BCUT2D eigenvalue weighted by molar-refractivity contribution is -0.148. The molecule has 0 aliphatic heterocycles. The highest BCUT2D eigenvalue weighted by Gasteiger charge is 2.13. The predicted octanol–water partition coefficient (Wildman–Crippen LogP) is 4.61. The summed E-state index contributed by atoms with van der Waals surface area (Å²) in [6.07, 6.45) is -0.0346. The van der Waals surface area contributed by atoms with Crippen molar-refractivity contribution in [3.8, 4) is 0 Å². The van der Waals surface area contributed by atoms with Crippen LogP contribution in [-0.2, 0) is 20.7 Å². The molecular weight excluding hydrogens is 385 g/mol. The van der Waals surface area contributed by atoms with E-state index in [-0.39, 0.29) is 19.1 Å². The highest BCUT2D eigenvalue weighted by atomic mass is 35.5. The fourth-order valence-corrected chi connectivity index (χ4v) is 2.83. The summed E-state index contributed by atoms with van der Waals surface area (Å²) in [5, 5.41) is 4.19. The van der Waals surface area contributed by atoms with Crippen LogP contribution in [-0.4, -0.2) is 18.5 Å². The standard InChI is InChI=1S/C18H16Cl3NO3/c1-11(12-3-2-4-14(19)7-12)22-17(23)10-25-18(24)8-13-5-6-15(20)9-16(13)21/h2-7,9,11H,8,10H2,1H3,(H,22,23)/t11-/m0/s1. The monoisotopic (exact) mass is 399 g/mol. The summed E-state index contributed by atoms with van der Waals surface area (Å²) in [5.41, 5.74) is 1.45. The van der Waals surface area contributed by atoms with Gasteiger partial charge in [-0.25, -0.2) is 0 Å². The van der Waals surface area contributed by atoms with Crippen molar-refractivity contribution in [2.75, 3.05) is 6.61 Å². The molecule has 0 unspecified atom stereocenters. The topological polar surface area (TPSA) is 55.4 Å². The Labute approximate surface area is 161 Å². The van der Waals surface area contributed by atoms with Crippen LogP contribution in [0.5, 0.6) is 0 Å². The molecule has 0 aliphatic rings. The largest absolute Gasteiger partial charge is 0.455 e. The molecule has 0 aromatic heterocycles. The van der Waals surface area contributed by atoms with Gasteiger partial charge in [-0.15, -0.1) is 0 Å². The van der Waals surface area contributed by atoms with E-state index in [0.29, 0.717) is 20.6 Å². The Hall–Kier alpha value is -1.75. The van der Waals surface area contributed by atoms with Crippen LogP contribution in [0.25, 0.3) is 0 Å². The zero-order valence-corrected chi connectivity index (χ0v) is 15.7. The van der Waals surface area contributed by atoms with Crippen LogP contribution in [0.15, 0.2) is 42.5 Å². The number of benzene rings is 2. The quantitative estimate of drug-likeness (QED) is 0.720. The van der Waals surface area contributed by atoms with Crippen molar-refractivity contribution in [2.45, 2.75) is 19.4 Å². The van der Waals surface area contributed by atoms with E-state index in [1.54, 1.807) is 36.4 Å². The van der Waals surface area contributed by atoms with Gasteiger partial charge in [-0.05, 0) is 42.3 Å². The van der Waals surface area contributed by atoms with Crippen molar-refractivity contribution in [1.82, 2.24) is 5.32 Å². The van der Waals surface area contributed by atoms with Gasteiger partial charge in [0.15, 0.2) is 6.61 Å². The molecule has 2 aromatic rings. The summed E-state index contributed by atoms with van der Waals surface area (Å²) in [7, 11) is 0. The first kappa shape index (κ1) is 19.6. The Bertz CT molecular complexity index is 780. The van der Waals surface area contributed by atoms with Gasteiger partial charge in [0.1, 0.15) is 0 Å². The highest BCUT2D eigenvalue weighted by Crippen LogP contribution is 2.21. The molecule has 1 atom stereocenters. The van der Waals surface area contributed by atoms with E-state index in [9.17, 15) is 9.59 Å². The molecular formula is C18H16Cl3NO3. The van der Waals surface area contributed by atoms with Crippen LogP contribution >= 0.6 is 34.8 Å². The molecule has 0 fully saturated rings. The van der Waals surface area contributed by atoms with Gasteiger partial charge in [-0.2, -0.15) is 0 Å². The average molecular weight is 401 g/mol. The Morgan fingerprint density at radius 2 is 1.80 bits per heavy atom. The number of nitrogens with one attached hydrogen (secondary N) is 1. The smallest absolute Gasteiger partial charge is 0.310 e. The van der Waals surface area contributed by atoms with E-state index < -0.39 is 11.9 Å². The van der Waals surface area contributed by atoms with Gasteiger partial charge in [0.2, 0.25) is 0 Å².